The molecule has 1 aliphatic rings. The Morgan fingerprint density at radius 2 is 2.42 bits per heavy atom. The Morgan fingerprint density at radius 3 is 3.17 bits per heavy atom. The maximum atomic E-state index is 10.6. The Labute approximate surface area is 69.2 Å². The number of hydrogen-bond acceptors (Lipinski definition) is 2. The van der Waals surface area contributed by atoms with Gasteiger partial charge in [0.05, 0.1) is 0 Å². The second kappa shape index (κ2) is 2.48. The highest BCUT2D eigenvalue weighted by Gasteiger charge is 2.15. The topological polar surface area (TPSA) is 55.1 Å². The first-order chi connectivity index (χ1) is 5.79. The summed E-state index contributed by atoms with van der Waals surface area (Å²) < 4.78 is 1.71. The first kappa shape index (κ1) is 7.09. The third-order valence-electron chi connectivity index (χ3n) is 1.91. The van der Waals surface area contributed by atoms with E-state index in [2.05, 4.69) is 4.98 Å². The molecule has 0 amide bonds. The molecule has 0 aliphatic carbocycles. The molecular formula is C8H8N2O2. The van der Waals surface area contributed by atoms with Crippen LogP contribution in [0.15, 0.2) is 18.3 Å². The summed E-state index contributed by atoms with van der Waals surface area (Å²) in [6, 6.07) is 0. The normalized spacial score (nSPS) is 14.3. The highest BCUT2D eigenvalue weighted by molar-refractivity contribution is 5.83. The number of carboxylic acid groups (broad SMARTS) is 1. The van der Waals surface area contributed by atoms with Gasteiger partial charge in [0.25, 0.3) is 0 Å². The number of carboxylic acids is 1. The molecule has 0 saturated carbocycles. The Hall–Kier alpha value is -1.58. The van der Waals surface area contributed by atoms with Crippen LogP contribution < -0.4 is 0 Å². The second-order valence-corrected chi connectivity index (χ2v) is 2.66. The molecule has 1 N–H and O–H groups in total. The monoisotopic (exact) mass is 164 g/mol. The fraction of sp³-hybridized carbons (Fsp3) is 0.250. The molecule has 2 heterocycles. The molecule has 0 bridgehead atoms. The molecule has 1 aliphatic heterocycles. The number of imidazole rings is 1. The van der Waals surface area contributed by atoms with E-state index in [1.807, 2.05) is 12.2 Å². The lowest BCUT2D eigenvalue weighted by Gasteiger charge is -2.09. The van der Waals surface area contributed by atoms with Crippen molar-refractivity contribution in [2.45, 2.75) is 13.0 Å². The number of rotatable bonds is 1. The molecule has 1 aromatic rings. The lowest BCUT2D eigenvalue weighted by atomic mass is 10.2. The van der Waals surface area contributed by atoms with E-state index in [1.54, 1.807) is 10.8 Å². The van der Waals surface area contributed by atoms with Crippen LogP contribution in [-0.2, 0) is 13.0 Å². The molecule has 0 spiro atoms. The molecule has 62 valence electrons. The van der Waals surface area contributed by atoms with Gasteiger partial charge in [-0.25, -0.2) is 9.78 Å². The lowest BCUT2D eigenvalue weighted by molar-refractivity contribution is 0.0678. The average molecular weight is 164 g/mol. The summed E-state index contributed by atoms with van der Waals surface area (Å²) in [6.45, 7) is 0.622. The molecule has 12 heavy (non-hydrogen) atoms. The maximum absolute atomic E-state index is 10.6. The zero-order valence-corrected chi connectivity index (χ0v) is 6.40. The van der Waals surface area contributed by atoms with Gasteiger partial charge in [-0.05, 0) is 0 Å². The van der Waals surface area contributed by atoms with E-state index in [-0.39, 0.29) is 5.82 Å². The van der Waals surface area contributed by atoms with Crippen molar-refractivity contribution in [3.8, 4) is 0 Å². The van der Waals surface area contributed by atoms with E-state index in [4.69, 9.17) is 5.11 Å². The quantitative estimate of drug-likeness (QED) is 0.621. The van der Waals surface area contributed by atoms with Gasteiger partial charge in [-0.15, -0.1) is 0 Å². The number of hydrogen-bond donors (Lipinski definition) is 1. The number of fused-ring (bicyclic) bond motifs is 1. The van der Waals surface area contributed by atoms with E-state index < -0.39 is 5.97 Å². The van der Waals surface area contributed by atoms with Crippen molar-refractivity contribution in [3.05, 3.63) is 29.9 Å². The van der Waals surface area contributed by atoms with Gasteiger partial charge in [-0.1, -0.05) is 12.2 Å². The number of allylic oxidation sites excluding steroid dienone is 2. The van der Waals surface area contributed by atoms with Gasteiger partial charge >= 0.3 is 5.97 Å². The largest absolute Gasteiger partial charge is 0.475 e. The third-order valence-corrected chi connectivity index (χ3v) is 1.91. The molecule has 0 unspecified atom stereocenters. The van der Waals surface area contributed by atoms with Gasteiger partial charge in [0.1, 0.15) is 0 Å². The summed E-state index contributed by atoms with van der Waals surface area (Å²) in [5, 5.41) is 8.72. The summed E-state index contributed by atoms with van der Waals surface area (Å²) in [4.78, 5) is 14.4. The molecule has 0 radical (unpaired) electrons. The van der Waals surface area contributed by atoms with Crippen molar-refractivity contribution >= 4 is 5.97 Å². The fourth-order valence-electron chi connectivity index (χ4n) is 1.33. The van der Waals surface area contributed by atoms with Gasteiger partial charge in [-0.2, -0.15) is 0 Å². The van der Waals surface area contributed by atoms with Crippen molar-refractivity contribution in [3.63, 3.8) is 0 Å². The third kappa shape index (κ3) is 0.922. The van der Waals surface area contributed by atoms with E-state index in [9.17, 15) is 4.79 Å². The van der Waals surface area contributed by atoms with Gasteiger partial charge in [-0.3, -0.25) is 0 Å². The van der Waals surface area contributed by atoms with Crippen molar-refractivity contribution < 1.29 is 9.90 Å². The Kier molecular flexibility index (Phi) is 1.46. The minimum absolute atomic E-state index is 0.134. The molecule has 4 heteroatoms. The molecule has 1 aromatic heterocycles. The lowest BCUT2D eigenvalue weighted by Crippen LogP contribution is -2.13. The van der Waals surface area contributed by atoms with Crippen LogP contribution in [0.5, 0.6) is 0 Å². The van der Waals surface area contributed by atoms with E-state index in [0.29, 0.717) is 6.54 Å². The first-order valence-corrected chi connectivity index (χ1v) is 3.72. The van der Waals surface area contributed by atoms with Crippen molar-refractivity contribution in [1.82, 2.24) is 9.55 Å². The van der Waals surface area contributed by atoms with Crippen molar-refractivity contribution in [2.75, 3.05) is 0 Å². The molecule has 2 rings (SSSR count). The van der Waals surface area contributed by atoms with Crippen LogP contribution in [0, 0.1) is 0 Å². The van der Waals surface area contributed by atoms with Crippen LogP contribution in [0.3, 0.4) is 0 Å². The van der Waals surface area contributed by atoms with Crippen molar-refractivity contribution in [1.29, 1.82) is 0 Å². The summed E-state index contributed by atoms with van der Waals surface area (Å²) in [6.07, 6.45) is 6.36. The van der Waals surface area contributed by atoms with E-state index >= 15 is 0 Å². The fourth-order valence-corrected chi connectivity index (χ4v) is 1.33. The van der Waals surface area contributed by atoms with Crippen LogP contribution in [0.2, 0.25) is 0 Å². The van der Waals surface area contributed by atoms with Gasteiger partial charge in [0.2, 0.25) is 5.82 Å². The standard InChI is InChI=1S/C8H8N2O2/c11-8(12)7-9-5-6-3-1-2-4-10(6)7/h1-2,5H,3-4H2,(H,11,12). The van der Waals surface area contributed by atoms with Crippen molar-refractivity contribution in [2.24, 2.45) is 0 Å². The van der Waals surface area contributed by atoms with Crippen LogP contribution in [0.25, 0.3) is 0 Å². The summed E-state index contributed by atoms with van der Waals surface area (Å²) in [7, 11) is 0. The predicted molar refractivity (Wildman–Crippen MR) is 42.0 cm³/mol. The zero-order valence-electron chi connectivity index (χ0n) is 6.40. The number of aromatic nitrogens is 2. The highest BCUT2D eigenvalue weighted by Crippen LogP contribution is 2.11. The van der Waals surface area contributed by atoms with Crippen LogP contribution in [0.1, 0.15) is 16.3 Å². The van der Waals surface area contributed by atoms with E-state index in [1.165, 1.54) is 0 Å². The van der Waals surface area contributed by atoms with Gasteiger partial charge < -0.3 is 9.67 Å². The van der Waals surface area contributed by atoms with Crippen LogP contribution in [-0.4, -0.2) is 20.6 Å². The first-order valence-electron chi connectivity index (χ1n) is 3.72. The van der Waals surface area contributed by atoms with Gasteiger partial charge in [0.15, 0.2) is 0 Å². The molecule has 0 saturated heterocycles. The molecule has 0 fully saturated rings. The van der Waals surface area contributed by atoms with Crippen LogP contribution >= 0.6 is 0 Å². The molecule has 0 atom stereocenters. The number of carbonyl (C=O) groups is 1. The highest BCUT2D eigenvalue weighted by atomic mass is 16.4. The van der Waals surface area contributed by atoms with E-state index in [0.717, 1.165) is 12.1 Å². The zero-order chi connectivity index (χ0) is 8.55. The Balaban J connectivity index is 2.48. The number of aromatic carboxylic acids is 1. The molecular weight excluding hydrogens is 156 g/mol. The summed E-state index contributed by atoms with van der Waals surface area (Å²) >= 11 is 0. The maximum Gasteiger partial charge on any atom is 0.372 e. The minimum atomic E-state index is -0.962. The Bertz CT molecular complexity index is 352. The predicted octanol–water partition coefficient (Wildman–Crippen LogP) is 0.694. The van der Waals surface area contributed by atoms with Gasteiger partial charge in [0, 0.05) is 24.9 Å². The molecule has 4 nitrogen and oxygen atoms in total. The minimum Gasteiger partial charge on any atom is -0.475 e. The summed E-state index contributed by atoms with van der Waals surface area (Å²) in [5.74, 6) is -0.828. The Morgan fingerprint density at radius 1 is 1.58 bits per heavy atom. The SMILES string of the molecule is O=C(O)c1ncc2n1CC=CC2. The second-order valence-electron chi connectivity index (χ2n) is 2.66. The van der Waals surface area contributed by atoms with Crippen LogP contribution in [0.4, 0.5) is 0 Å². The summed E-state index contributed by atoms with van der Waals surface area (Å²) in [5.41, 5.74) is 0.968. The molecule has 0 aromatic carbocycles. The number of nitrogens with zero attached hydrogens (tertiary/aromatic N) is 2. The average Bonchev–Trinajstić information content (AvgIpc) is 2.47. The smallest absolute Gasteiger partial charge is 0.372 e.